The van der Waals surface area contributed by atoms with Gasteiger partial charge in [-0.25, -0.2) is 4.79 Å². The van der Waals surface area contributed by atoms with Crippen molar-refractivity contribution in [2.24, 2.45) is 0 Å². The summed E-state index contributed by atoms with van der Waals surface area (Å²) in [6, 6.07) is 6.50. The van der Waals surface area contributed by atoms with Crippen LogP contribution in [-0.2, 0) is 14.3 Å². The maximum absolute atomic E-state index is 12.0. The Balaban J connectivity index is 2.05. The Morgan fingerprint density at radius 1 is 1.43 bits per heavy atom. The molecule has 0 spiro atoms. The van der Waals surface area contributed by atoms with E-state index in [2.05, 4.69) is 15.4 Å². The van der Waals surface area contributed by atoms with Crippen LogP contribution in [0.4, 0.5) is 5.69 Å². The molecule has 6 nitrogen and oxygen atoms in total. The van der Waals surface area contributed by atoms with Crippen molar-refractivity contribution >= 4 is 51.8 Å². The standard InChI is InChI=1S/C13H12N2O4S2/c1-19-12(18)7-4-2-3-5-8(7)14-10(16)6-9-11(17)15-13(20)21-9/h2-5,9H,6H2,1H3,(H,14,16)(H,15,17,20)/t9-/m1/s1. The van der Waals surface area contributed by atoms with Crippen molar-refractivity contribution < 1.29 is 19.1 Å². The number of para-hydroxylation sites is 1. The summed E-state index contributed by atoms with van der Waals surface area (Å²) < 4.78 is 5.02. The minimum absolute atomic E-state index is 0.0217. The lowest BCUT2D eigenvalue weighted by molar-refractivity contribution is -0.122. The summed E-state index contributed by atoms with van der Waals surface area (Å²) in [5.74, 6) is -1.19. The second-order valence-electron chi connectivity index (χ2n) is 4.17. The summed E-state index contributed by atoms with van der Waals surface area (Å²) in [4.78, 5) is 35.1. The SMILES string of the molecule is COC(=O)c1ccccc1NC(=O)C[C@H]1SC(=S)NC1=O. The number of thioether (sulfide) groups is 1. The minimum atomic E-state index is -0.542. The lowest BCUT2D eigenvalue weighted by Gasteiger charge is -2.10. The van der Waals surface area contributed by atoms with Gasteiger partial charge < -0.3 is 15.4 Å². The molecule has 0 radical (unpaired) electrons. The number of hydrogen-bond donors (Lipinski definition) is 2. The molecule has 0 bridgehead atoms. The lowest BCUT2D eigenvalue weighted by Crippen LogP contribution is -2.27. The van der Waals surface area contributed by atoms with E-state index in [-0.39, 0.29) is 23.8 Å². The Labute approximate surface area is 130 Å². The van der Waals surface area contributed by atoms with Crippen LogP contribution in [0.15, 0.2) is 24.3 Å². The Hall–Kier alpha value is -1.93. The molecule has 1 atom stereocenters. The van der Waals surface area contributed by atoms with Crippen molar-refractivity contribution in [2.75, 3.05) is 12.4 Å². The van der Waals surface area contributed by atoms with Gasteiger partial charge in [-0.15, -0.1) is 0 Å². The Kier molecular flexibility index (Phi) is 4.92. The zero-order chi connectivity index (χ0) is 15.4. The monoisotopic (exact) mass is 324 g/mol. The molecule has 21 heavy (non-hydrogen) atoms. The number of thiocarbonyl (C=S) groups is 1. The van der Waals surface area contributed by atoms with Crippen LogP contribution >= 0.6 is 24.0 Å². The number of carbonyl (C=O) groups excluding carboxylic acids is 3. The average molecular weight is 324 g/mol. The fourth-order valence-corrected chi connectivity index (χ4v) is 3.04. The van der Waals surface area contributed by atoms with Crippen LogP contribution in [0.25, 0.3) is 0 Å². The zero-order valence-corrected chi connectivity index (χ0v) is 12.7. The average Bonchev–Trinajstić information content (AvgIpc) is 2.76. The first-order chi connectivity index (χ1) is 10.0. The highest BCUT2D eigenvalue weighted by molar-refractivity contribution is 8.24. The first-order valence-electron chi connectivity index (χ1n) is 6.00. The first-order valence-corrected chi connectivity index (χ1v) is 7.28. The van der Waals surface area contributed by atoms with Gasteiger partial charge in [0.1, 0.15) is 4.32 Å². The fraction of sp³-hybridized carbons (Fsp3) is 0.231. The predicted octanol–water partition coefficient (Wildman–Crippen LogP) is 1.32. The predicted molar refractivity (Wildman–Crippen MR) is 83.1 cm³/mol. The number of rotatable bonds is 4. The van der Waals surface area contributed by atoms with E-state index < -0.39 is 11.2 Å². The van der Waals surface area contributed by atoms with E-state index >= 15 is 0 Å². The van der Waals surface area contributed by atoms with Gasteiger partial charge in [-0.1, -0.05) is 36.1 Å². The third-order valence-corrected chi connectivity index (χ3v) is 4.12. The highest BCUT2D eigenvalue weighted by Crippen LogP contribution is 2.23. The van der Waals surface area contributed by atoms with Gasteiger partial charge in [-0.3, -0.25) is 9.59 Å². The van der Waals surface area contributed by atoms with E-state index in [1.165, 1.54) is 7.11 Å². The molecule has 1 saturated heterocycles. The van der Waals surface area contributed by atoms with Gasteiger partial charge in [-0.2, -0.15) is 0 Å². The molecule has 8 heteroatoms. The summed E-state index contributed by atoms with van der Waals surface area (Å²) in [5.41, 5.74) is 0.604. The van der Waals surface area contributed by atoms with Crippen molar-refractivity contribution in [2.45, 2.75) is 11.7 Å². The molecule has 2 rings (SSSR count). The first kappa shape index (κ1) is 15.5. The molecule has 1 aliphatic heterocycles. The maximum Gasteiger partial charge on any atom is 0.339 e. The smallest absolute Gasteiger partial charge is 0.339 e. The molecule has 0 aliphatic carbocycles. The Morgan fingerprint density at radius 2 is 2.14 bits per heavy atom. The van der Waals surface area contributed by atoms with Gasteiger partial charge in [0.2, 0.25) is 11.8 Å². The van der Waals surface area contributed by atoms with E-state index in [1.54, 1.807) is 24.3 Å². The third kappa shape index (κ3) is 3.79. The molecule has 1 heterocycles. The molecule has 2 N–H and O–H groups in total. The molecule has 110 valence electrons. The van der Waals surface area contributed by atoms with Gasteiger partial charge in [0.05, 0.1) is 23.6 Å². The van der Waals surface area contributed by atoms with E-state index in [4.69, 9.17) is 12.2 Å². The summed E-state index contributed by atoms with van der Waals surface area (Å²) in [6.07, 6.45) is -0.0217. The van der Waals surface area contributed by atoms with Gasteiger partial charge >= 0.3 is 5.97 Å². The molecule has 2 amide bonds. The van der Waals surface area contributed by atoms with Gasteiger partial charge in [0, 0.05) is 6.42 Å². The number of carbonyl (C=O) groups is 3. The molecular formula is C13H12N2O4S2. The second kappa shape index (κ2) is 6.68. The number of ether oxygens (including phenoxy) is 1. The number of hydrogen-bond acceptors (Lipinski definition) is 6. The number of nitrogens with one attached hydrogen (secondary N) is 2. The van der Waals surface area contributed by atoms with Crippen LogP contribution in [0.1, 0.15) is 16.8 Å². The topological polar surface area (TPSA) is 84.5 Å². The number of methoxy groups -OCH3 is 1. The van der Waals surface area contributed by atoms with E-state index in [0.717, 1.165) is 11.8 Å². The molecular weight excluding hydrogens is 312 g/mol. The summed E-state index contributed by atoms with van der Waals surface area (Å²) in [7, 11) is 1.27. The normalized spacial score (nSPS) is 17.3. The molecule has 0 aromatic heterocycles. The van der Waals surface area contributed by atoms with E-state index in [1.807, 2.05) is 0 Å². The van der Waals surface area contributed by atoms with Crippen LogP contribution in [-0.4, -0.2) is 34.5 Å². The van der Waals surface area contributed by atoms with E-state index in [9.17, 15) is 14.4 Å². The molecule has 0 saturated carbocycles. The van der Waals surface area contributed by atoms with Crippen molar-refractivity contribution in [1.82, 2.24) is 5.32 Å². The fourth-order valence-electron chi connectivity index (χ4n) is 1.78. The van der Waals surface area contributed by atoms with Crippen LogP contribution < -0.4 is 10.6 Å². The summed E-state index contributed by atoms with van der Waals surface area (Å²) in [6.45, 7) is 0. The molecule has 1 aromatic rings. The van der Waals surface area contributed by atoms with Crippen LogP contribution in [0.2, 0.25) is 0 Å². The summed E-state index contributed by atoms with van der Waals surface area (Å²) in [5, 5.41) is 4.55. The largest absolute Gasteiger partial charge is 0.465 e. The van der Waals surface area contributed by atoms with E-state index in [0.29, 0.717) is 10.0 Å². The van der Waals surface area contributed by atoms with Crippen molar-refractivity contribution in [1.29, 1.82) is 0 Å². The third-order valence-electron chi connectivity index (χ3n) is 2.74. The van der Waals surface area contributed by atoms with Crippen LogP contribution in [0.3, 0.4) is 0 Å². The number of anilines is 1. The minimum Gasteiger partial charge on any atom is -0.465 e. The number of amides is 2. The van der Waals surface area contributed by atoms with Crippen molar-refractivity contribution in [3.63, 3.8) is 0 Å². The molecule has 1 fully saturated rings. The van der Waals surface area contributed by atoms with Crippen molar-refractivity contribution in [3.8, 4) is 0 Å². The highest BCUT2D eigenvalue weighted by atomic mass is 32.2. The van der Waals surface area contributed by atoms with Crippen LogP contribution in [0, 0.1) is 0 Å². The lowest BCUT2D eigenvalue weighted by atomic mass is 10.1. The van der Waals surface area contributed by atoms with Gasteiger partial charge in [-0.05, 0) is 12.1 Å². The Bertz CT molecular complexity index is 618. The quantitative estimate of drug-likeness (QED) is 0.642. The van der Waals surface area contributed by atoms with Gasteiger partial charge in [0.25, 0.3) is 0 Å². The number of benzene rings is 1. The molecule has 0 unspecified atom stereocenters. The highest BCUT2D eigenvalue weighted by Gasteiger charge is 2.31. The Morgan fingerprint density at radius 3 is 2.76 bits per heavy atom. The van der Waals surface area contributed by atoms with Crippen molar-refractivity contribution in [3.05, 3.63) is 29.8 Å². The molecule has 1 aromatic carbocycles. The number of esters is 1. The molecule has 1 aliphatic rings. The van der Waals surface area contributed by atoms with Crippen LogP contribution in [0.5, 0.6) is 0 Å². The maximum atomic E-state index is 12.0. The summed E-state index contributed by atoms with van der Waals surface area (Å²) >= 11 is 6.01. The second-order valence-corrected chi connectivity index (χ2v) is 6.05. The van der Waals surface area contributed by atoms with Gasteiger partial charge in [0.15, 0.2) is 0 Å². The zero-order valence-electron chi connectivity index (χ0n) is 11.0.